The molecule has 1 aliphatic heterocycles. The van der Waals surface area contributed by atoms with Gasteiger partial charge in [0.2, 0.25) is 5.91 Å². The predicted octanol–water partition coefficient (Wildman–Crippen LogP) is 1.03. The van der Waals surface area contributed by atoms with Crippen LogP contribution in [-0.4, -0.2) is 39.7 Å². The van der Waals surface area contributed by atoms with Gasteiger partial charge in [-0.15, -0.1) is 0 Å². The first-order chi connectivity index (χ1) is 7.68. The number of aliphatic hydroxyl groups excluding tert-OH is 1. The molecule has 2 rings (SSSR count). The number of likely N-dealkylation sites (tertiary alicyclic amines) is 1. The summed E-state index contributed by atoms with van der Waals surface area (Å²) in [6, 6.07) is 3.69. The lowest BCUT2D eigenvalue weighted by Gasteiger charge is -2.31. The summed E-state index contributed by atoms with van der Waals surface area (Å²) in [5, 5.41) is 9.39. The van der Waals surface area contributed by atoms with Crippen LogP contribution in [0, 0.1) is 0 Å². The van der Waals surface area contributed by atoms with E-state index in [0.717, 1.165) is 0 Å². The molecule has 0 saturated carbocycles. The molecule has 0 aromatic carbocycles. The van der Waals surface area contributed by atoms with Gasteiger partial charge < -0.3 is 14.6 Å². The van der Waals surface area contributed by atoms with Crippen molar-refractivity contribution in [3.05, 3.63) is 24.5 Å². The summed E-state index contributed by atoms with van der Waals surface area (Å²) >= 11 is 0. The molecule has 0 spiro atoms. The molecule has 0 radical (unpaired) electrons. The first-order valence-corrected chi connectivity index (χ1v) is 5.78. The summed E-state index contributed by atoms with van der Waals surface area (Å²) in [6.45, 7) is 3.25. The first-order valence-electron chi connectivity index (χ1n) is 5.78. The van der Waals surface area contributed by atoms with Crippen molar-refractivity contribution < 1.29 is 9.90 Å². The number of nitrogens with zero attached hydrogens (tertiary/aromatic N) is 2. The second kappa shape index (κ2) is 4.70. The maximum atomic E-state index is 12.1. The van der Waals surface area contributed by atoms with Gasteiger partial charge in [0, 0.05) is 25.5 Å². The minimum absolute atomic E-state index is 0.142. The molecule has 1 amide bonds. The number of carbonyl (C=O) groups is 1. The topological polar surface area (TPSA) is 45.5 Å². The van der Waals surface area contributed by atoms with Crippen LogP contribution in [0.3, 0.4) is 0 Å². The molecule has 1 fully saturated rings. The third kappa shape index (κ3) is 2.27. The van der Waals surface area contributed by atoms with E-state index >= 15 is 0 Å². The number of carbonyl (C=O) groups excluding carboxylic acids is 1. The number of rotatable bonds is 2. The molecule has 1 aromatic rings. The highest BCUT2D eigenvalue weighted by Gasteiger charge is 2.25. The lowest BCUT2D eigenvalue weighted by atomic mass is 10.1. The number of hydrogen-bond donors (Lipinski definition) is 1. The molecule has 1 atom stereocenters. The average molecular weight is 222 g/mol. The number of aromatic nitrogens is 1. The van der Waals surface area contributed by atoms with Gasteiger partial charge in [0.15, 0.2) is 0 Å². The van der Waals surface area contributed by atoms with Crippen LogP contribution in [0.25, 0.3) is 0 Å². The summed E-state index contributed by atoms with van der Waals surface area (Å²) in [5.41, 5.74) is 0. The van der Waals surface area contributed by atoms with E-state index in [2.05, 4.69) is 0 Å². The summed E-state index contributed by atoms with van der Waals surface area (Å²) in [4.78, 5) is 14.0. The van der Waals surface area contributed by atoms with Crippen LogP contribution in [-0.2, 0) is 4.79 Å². The highest BCUT2D eigenvalue weighted by molar-refractivity contribution is 5.80. The maximum Gasteiger partial charge on any atom is 0.245 e. The Morgan fingerprint density at radius 3 is 2.44 bits per heavy atom. The molecule has 4 nitrogen and oxygen atoms in total. The van der Waals surface area contributed by atoms with Gasteiger partial charge in [0.05, 0.1) is 6.10 Å². The van der Waals surface area contributed by atoms with E-state index in [9.17, 15) is 9.90 Å². The second-order valence-corrected chi connectivity index (χ2v) is 4.36. The van der Waals surface area contributed by atoms with Gasteiger partial charge in [0.25, 0.3) is 0 Å². The lowest BCUT2D eigenvalue weighted by molar-refractivity contribution is -0.136. The van der Waals surface area contributed by atoms with Gasteiger partial charge in [-0.2, -0.15) is 0 Å². The monoisotopic (exact) mass is 222 g/mol. The van der Waals surface area contributed by atoms with Crippen LogP contribution < -0.4 is 0 Å². The van der Waals surface area contributed by atoms with Crippen molar-refractivity contribution in [2.75, 3.05) is 13.1 Å². The van der Waals surface area contributed by atoms with Crippen molar-refractivity contribution >= 4 is 5.91 Å². The molecule has 0 bridgehead atoms. The Labute approximate surface area is 95.5 Å². The van der Waals surface area contributed by atoms with E-state index in [1.807, 2.05) is 40.9 Å². The largest absolute Gasteiger partial charge is 0.393 e. The van der Waals surface area contributed by atoms with Gasteiger partial charge in [0.1, 0.15) is 6.04 Å². The Morgan fingerprint density at radius 2 is 1.88 bits per heavy atom. The summed E-state index contributed by atoms with van der Waals surface area (Å²) in [6.07, 6.45) is 4.97. The number of hydrogen-bond acceptors (Lipinski definition) is 2. The van der Waals surface area contributed by atoms with Crippen molar-refractivity contribution in [3.63, 3.8) is 0 Å². The average Bonchev–Trinajstić information content (AvgIpc) is 2.81. The maximum absolute atomic E-state index is 12.1. The fourth-order valence-corrected chi connectivity index (χ4v) is 2.08. The van der Waals surface area contributed by atoms with E-state index < -0.39 is 0 Å². The highest BCUT2D eigenvalue weighted by Crippen LogP contribution is 2.16. The first kappa shape index (κ1) is 11.2. The Balaban J connectivity index is 1.97. The molecule has 0 aliphatic carbocycles. The zero-order valence-corrected chi connectivity index (χ0v) is 9.54. The normalized spacial score (nSPS) is 19.8. The van der Waals surface area contributed by atoms with E-state index in [4.69, 9.17) is 0 Å². The van der Waals surface area contributed by atoms with Crippen LogP contribution in [0.5, 0.6) is 0 Å². The van der Waals surface area contributed by atoms with E-state index in [0.29, 0.717) is 25.9 Å². The third-order valence-corrected chi connectivity index (χ3v) is 3.21. The van der Waals surface area contributed by atoms with Gasteiger partial charge in [-0.1, -0.05) is 0 Å². The number of piperidine rings is 1. The van der Waals surface area contributed by atoms with Crippen molar-refractivity contribution in [3.8, 4) is 0 Å². The van der Waals surface area contributed by atoms with Crippen LogP contribution in [0.1, 0.15) is 25.8 Å². The van der Waals surface area contributed by atoms with Gasteiger partial charge in [-0.25, -0.2) is 0 Å². The standard InChI is InChI=1S/C12H18N2O2/c1-10(13-6-2-3-7-13)12(16)14-8-4-11(15)5-9-14/h2-3,6-7,10-11,15H,4-5,8-9H2,1H3. The smallest absolute Gasteiger partial charge is 0.245 e. The van der Waals surface area contributed by atoms with Crippen molar-refractivity contribution in [2.24, 2.45) is 0 Å². The molecule has 1 N–H and O–H groups in total. The molecular formula is C12H18N2O2. The quantitative estimate of drug-likeness (QED) is 0.812. The highest BCUT2D eigenvalue weighted by atomic mass is 16.3. The zero-order chi connectivity index (χ0) is 11.5. The minimum Gasteiger partial charge on any atom is -0.393 e. The van der Waals surface area contributed by atoms with E-state index in [1.54, 1.807) is 0 Å². The summed E-state index contributed by atoms with van der Waals surface area (Å²) < 4.78 is 1.91. The Bertz CT molecular complexity index is 340. The van der Waals surface area contributed by atoms with Gasteiger partial charge in [-0.3, -0.25) is 4.79 Å². The molecule has 1 saturated heterocycles. The summed E-state index contributed by atoms with van der Waals surface area (Å²) in [5.74, 6) is 0.142. The van der Waals surface area contributed by atoms with Crippen LogP contribution >= 0.6 is 0 Å². The number of amides is 1. The fraction of sp³-hybridized carbons (Fsp3) is 0.583. The van der Waals surface area contributed by atoms with E-state index in [-0.39, 0.29) is 18.1 Å². The Hall–Kier alpha value is -1.29. The molecule has 2 heterocycles. The SMILES string of the molecule is CC(C(=O)N1CCC(O)CC1)n1cccc1. The van der Waals surface area contributed by atoms with Crippen LogP contribution in [0.15, 0.2) is 24.5 Å². The molecular weight excluding hydrogens is 204 g/mol. The summed E-state index contributed by atoms with van der Waals surface area (Å²) in [7, 11) is 0. The fourth-order valence-electron chi connectivity index (χ4n) is 2.08. The lowest BCUT2D eigenvalue weighted by Crippen LogP contribution is -2.42. The third-order valence-electron chi connectivity index (χ3n) is 3.21. The Kier molecular flexibility index (Phi) is 3.29. The van der Waals surface area contributed by atoms with Crippen LogP contribution in [0.4, 0.5) is 0 Å². The molecule has 1 aromatic heterocycles. The number of aliphatic hydroxyl groups is 1. The molecule has 1 aliphatic rings. The Morgan fingerprint density at radius 1 is 1.31 bits per heavy atom. The van der Waals surface area contributed by atoms with Crippen LogP contribution in [0.2, 0.25) is 0 Å². The van der Waals surface area contributed by atoms with Crippen molar-refractivity contribution in [2.45, 2.75) is 31.9 Å². The second-order valence-electron chi connectivity index (χ2n) is 4.36. The molecule has 88 valence electrons. The molecule has 1 unspecified atom stereocenters. The van der Waals surface area contributed by atoms with Crippen molar-refractivity contribution in [1.29, 1.82) is 0 Å². The minimum atomic E-state index is -0.231. The zero-order valence-electron chi connectivity index (χ0n) is 9.54. The van der Waals surface area contributed by atoms with Crippen molar-refractivity contribution in [1.82, 2.24) is 9.47 Å². The predicted molar refractivity (Wildman–Crippen MR) is 61.0 cm³/mol. The van der Waals surface area contributed by atoms with Gasteiger partial charge in [-0.05, 0) is 31.9 Å². The molecule has 4 heteroatoms. The molecule has 16 heavy (non-hydrogen) atoms. The van der Waals surface area contributed by atoms with E-state index in [1.165, 1.54) is 0 Å². The van der Waals surface area contributed by atoms with Gasteiger partial charge >= 0.3 is 0 Å².